The molecule has 5 nitrogen and oxygen atoms in total. The fourth-order valence-electron chi connectivity index (χ4n) is 5.64. The van der Waals surface area contributed by atoms with Crippen LogP contribution in [0.5, 0.6) is 0 Å². The summed E-state index contributed by atoms with van der Waals surface area (Å²) in [6.07, 6.45) is 14.7. The second-order valence-electron chi connectivity index (χ2n) is 14.9. The van der Waals surface area contributed by atoms with Crippen molar-refractivity contribution in [3.05, 3.63) is 69.5 Å². The number of hydrogen-bond donors (Lipinski definition) is 2. The Kier molecular flexibility index (Phi) is 11.4. The van der Waals surface area contributed by atoms with Gasteiger partial charge in [0.2, 0.25) is 0 Å². The number of carbonyl (C=O) groups is 1. The molecule has 0 aromatic heterocycles. The Hall–Kier alpha value is -2.09. The van der Waals surface area contributed by atoms with Gasteiger partial charge in [-0.1, -0.05) is 103 Å². The monoisotopic (exact) mass is 628 g/mol. The van der Waals surface area contributed by atoms with E-state index in [0.29, 0.717) is 12.8 Å². The van der Waals surface area contributed by atoms with Crippen molar-refractivity contribution in [2.45, 2.75) is 107 Å². The smallest absolute Gasteiger partial charge is 0.309 e. The van der Waals surface area contributed by atoms with Crippen LogP contribution in [0.4, 0.5) is 0 Å². The van der Waals surface area contributed by atoms with Crippen molar-refractivity contribution in [2.24, 2.45) is 21.7 Å². The Morgan fingerprint density at radius 3 is 1.53 bits per heavy atom. The summed E-state index contributed by atoms with van der Waals surface area (Å²) in [6.45, 7) is 16.3. The number of unbranched alkanes of at least 4 members (excludes halogenated alkanes) is 2. The van der Waals surface area contributed by atoms with Crippen molar-refractivity contribution in [1.29, 1.82) is 0 Å². The van der Waals surface area contributed by atoms with E-state index in [9.17, 15) is 23.4 Å². The summed E-state index contributed by atoms with van der Waals surface area (Å²) >= 11 is 0. The molecule has 2 N–H and O–H groups in total. The van der Waals surface area contributed by atoms with Crippen molar-refractivity contribution >= 4 is 37.4 Å². The van der Waals surface area contributed by atoms with Crippen LogP contribution in [0.1, 0.15) is 118 Å². The predicted molar refractivity (Wildman–Crippen MR) is 182 cm³/mol. The molecule has 0 fully saturated rings. The van der Waals surface area contributed by atoms with E-state index < -0.39 is 33.0 Å². The molecule has 2 heterocycles. The summed E-state index contributed by atoms with van der Waals surface area (Å²) in [5.74, 6) is -0.794. The molecular formula is C36H52O5S2. The number of benzene rings is 1. The molecule has 2 aliphatic rings. The highest BCUT2D eigenvalue weighted by atomic mass is 32.2. The molecule has 0 bridgehead atoms. The lowest BCUT2D eigenvalue weighted by Crippen LogP contribution is -2.23. The SMILES string of the molecule is CC1(C)C=C(CCCCC(C)(C)CO)S(=O)C(c2ccccc2C2=CC(C)(C)C=C(CCCCC(C)(C)C(=O)O)S2=O)=C1. The molecule has 0 saturated heterocycles. The third-order valence-corrected chi connectivity index (χ3v) is 11.5. The topological polar surface area (TPSA) is 91.7 Å². The van der Waals surface area contributed by atoms with E-state index >= 15 is 0 Å². The minimum absolute atomic E-state index is 0.108. The van der Waals surface area contributed by atoms with Crippen molar-refractivity contribution in [3.63, 3.8) is 0 Å². The number of aliphatic carboxylic acids is 1. The first-order valence-electron chi connectivity index (χ1n) is 15.5. The Morgan fingerprint density at radius 1 is 0.721 bits per heavy atom. The maximum Gasteiger partial charge on any atom is 0.309 e. The summed E-state index contributed by atoms with van der Waals surface area (Å²) in [5, 5.41) is 19.0. The molecule has 3 rings (SSSR count). The van der Waals surface area contributed by atoms with Gasteiger partial charge in [0.05, 0.1) is 27.0 Å². The number of rotatable bonds is 14. The maximum absolute atomic E-state index is 14.1. The summed E-state index contributed by atoms with van der Waals surface area (Å²) in [7, 11) is -2.70. The zero-order valence-electron chi connectivity index (χ0n) is 27.4. The predicted octanol–water partition coefficient (Wildman–Crippen LogP) is 8.96. The highest BCUT2D eigenvalue weighted by Gasteiger charge is 2.32. The van der Waals surface area contributed by atoms with Crippen LogP contribution in [0.3, 0.4) is 0 Å². The van der Waals surface area contributed by atoms with Gasteiger partial charge in [-0.25, -0.2) is 8.42 Å². The van der Waals surface area contributed by atoms with Gasteiger partial charge in [0.25, 0.3) is 0 Å². The summed E-state index contributed by atoms with van der Waals surface area (Å²) < 4.78 is 28.1. The summed E-state index contributed by atoms with van der Waals surface area (Å²) in [6, 6.07) is 7.90. The standard InChI is InChI=1S/C36H52O5S2/c1-33(2,25-37)19-13-11-15-26-21-34(3,4)23-30(42(26)40)28-17-9-10-18-29(28)31-24-35(5,6)22-27(43(31)41)16-12-14-20-36(7,8)32(38)39/h9-10,17-18,21-24,37H,11-16,19-20,25H2,1-8H3,(H,38,39). The van der Waals surface area contributed by atoms with E-state index in [1.54, 1.807) is 13.8 Å². The van der Waals surface area contributed by atoms with E-state index in [-0.39, 0.29) is 22.9 Å². The van der Waals surface area contributed by atoms with Crippen molar-refractivity contribution in [1.82, 2.24) is 0 Å². The number of aliphatic hydroxyl groups excluding tert-OH is 1. The van der Waals surface area contributed by atoms with E-state index in [1.807, 2.05) is 24.3 Å². The molecule has 238 valence electrons. The summed E-state index contributed by atoms with van der Waals surface area (Å²) in [4.78, 5) is 14.8. The first-order chi connectivity index (χ1) is 19.9. The molecule has 0 saturated carbocycles. The van der Waals surface area contributed by atoms with Crippen molar-refractivity contribution < 1.29 is 23.4 Å². The molecule has 0 spiro atoms. The fourth-order valence-corrected chi connectivity index (χ4v) is 9.26. The highest BCUT2D eigenvalue weighted by molar-refractivity contribution is 7.99. The van der Waals surface area contributed by atoms with E-state index in [4.69, 9.17) is 0 Å². The molecule has 2 aliphatic heterocycles. The molecule has 0 aliphatic carbocycles. The largest absolute Gasteiger partial charge is 0.481 e. The van der Waals surface area contributed by atoms with Gasteiger partial charge in [-0.05, 0) is 68.9 Å². The van der Waals surface area contributed by atoms with Crippen LogP contribution in [0.25, 0.3) is 9.81 Å². The Labute approximate surface area is 264 Å². The van der Waals surface area contributed by atoms with Gasteiger partial charge in [0, 0.05) is 37.1 Å². The minimum atomic E-state index is -1.37. The molecule has 1 aromatic carbocycles. The van der Waals surface area contributed by atoms with Crippen LogP contribution in [0.2, 0.25) is 0 Å². The van der Waals surface area contributed by atoms with Gasteiger partial charge in [-0.15, -0.1) is 0 Å². The van der Waals surface area contributed by atoms with Crippen LogP contribution in [-0.4, -0.2) is 31.2 Å². The van der Waals surface area contributed by atoms with Crippen LogP contribution < -0.4 is 0 Å². The Bertz CT molecular complexity index is 1370. The lowest BCUT2D eigenvalue weighted by molar-refractivity contribution is -0.147. The molecule has 0 amide bonds. The molecular weight excluding hydrogens is 577 g/mol. The lowest BCUT2D eigenvalue weighted by atomic mass is 9.86. The Balaban J connectivity index is 1.85. The van der Waals surface area contributed by atoms with Crippen molar-refractivity contribution in [3.8, 4) is 0 Å². The van der Waals surface area contributed by atoms with Gasteiger partial charge in [-0.2, -0.15) is 0 Å². The van der Waals surface area contributed by atoms with Crippen LogP contribution in [-0.2, 0) is 26.4 Å². The molecule has 1 aromatic rings. The number of allylic oxidation sites excluding steroid dienone is 6. The first kappa shape index (κ1) is 35.4. The molecule has 0 radical (unpaired) electrons. The number of carboxylic acid groups (broad SMARTS) is 1. The molecule has 7 heteroatoms. The maximum atomic E-state index is 14.1. The summed E-state index contributed by atoms with van der Waals surface area (Å²) in [5.41, 5.74) is 0.254. The molecule has 43 heavy (non-hydrogen) atoms. The van der Waals surface area contributed by atoms with Crippen LogP contribution >= 0.6 is 0 Å². The zero-order valence-corrected chi connectivity index (χ0v) is 29.1. The lowest BCUT2D eigenvalue weighted by Gasteiger charge is -2.29. The van der Waals surface area contributed by atoms with Gasteiger partial charge < -0.3 is 10.2 Å². The average molecular weight is 629 g/mol. The quantitative estimate of drug-likeness (QED) is 0.201. The third-order valence-electron chi connectivity index (χ3n) is 8.41. The number of carboxylic acids is 1. The van der Waals surface area contributed by atoms with Crippen LogP contribution in [0.15, 0.2) is 58.4 Å². The van der Waals surface area contributed by atoms with Gasteiger partial charge in [0.1, 0.15) is 0 Å². The van der Waals surface area contributed by atoms with Gasteiger partial charge in [0.15, 0.2) is 0 Å². The number of aliphatic hydroxyl groups is 1. The minimum Gasteiger partial charge on any atom is -0.481 e. The second-order valence-corrected chi connectivity index (χ2v) is 17.9. The fraction of sp³-hybridized carbons (Fsp3) is 0.583. The second kappa shape index (κ2) is 13.9. The normalized spacial score (nSPS) is 21.9. The van der Waals surface area contributed by atoms with Gasteiger partial charge >= 0.3 is 5.97 Å². The average Bonchev–Trinajstić information content (AvgIpc) is 2.92. The van der Waals surface area contributed by atoms with E-state index in [0.717, 1.165) is 69.3 Å². The number of hydrogen-bond acceptors (Lipinski definition) is 4. The molecule has 2 unspecified atom stereocenters. The van der Waals surface area contributed by atoms with Crippen LogP contribution in [0, 0.1) is 21.7 Å². The zero-order chi connectivity index (χ0) is 32.2. The molecule has 2 atom stereocenters. The Morgan fingerprint density at radius 2 is 1.14 bits per heavy atom. The van der Waals surface area contributed by atoms with Gasteiger partial charge in [-0.3, -0.25) is 4.79 Å². The first-order valence-corrected chi connectivity index (χ1v) is 17.8. The van der Waals surface area contributed by atoms with E-state index in [2.05, 4.69) is 65.8 Å². The third kappa shape index (κ3) is 9.45. The van der Waals surface area contributed by atoms with E-state index in [1.165, 1.54) is 0 Å². The van der Waals surface area contributed by atoms with Crippen molar-refractivity contribution in [2.75, 3.05) is 6.61 Å². The highest BCUT2D eigenvalue weighted by Crippen LogP contribution is 2.44.